The molecule has 0 bridgehead atoms. The molecule has 0 aliphatic rings. The molecule has 7 heteroatoms. The topological polar surface area (TPSA) is 41.6 Å². The van der Waals surface area contributed by atoms with Crippen molar-refractivity contribution >= 4 is 23.2 Å². The number of benzene rings is 1. The number of carbonyl (C=O) groups excluding carboxylic acids is 1. The number of halogens is 3. The number of hydrogen-bond donors (Lipinski definition) is 1. The minimum absolute atomic E-state index is 0.0208. The second-order valence-corrected chi connectivity index (χ2v) is 5.07. The number of unbranched alkanes of at least 4 members (excludes halogenated alkanes) is 1. The van der Waals surface area contributed by atoms with E-state index in [-0.39, 0.29) is 23.2 Å². The molecule has 0 atom stereocenters. The summed E-state index contributed by atoms with van der Waals surface area (Å²) in [4.78, 5) is 13.7. The molecule has 0 aliphatic carbocycles. The zero-order valence-corrected chi connectivity index (χ0v) is 12.8. The van der Waals surface area contributed by atoms with Gasteiger partial charge in [0.15, 0.2) is 0 Å². The lowest BCUT2D eigenvalue weighted by molar-refractivity contribution is -0.117. The third-order valence-electron chi connectivity index (χ3n) is 2.74. The summed E-state index contributed by atoms with van der Waals surface area (Å²) in [5, 5.41) is 2.68. The van der Waals surface area contributed by atoms with E-state index in [4.69, 9.17) is 11.6 Å². The van der Waals surface area contributed by atoms with Gasteiger partial charge in [0.25, 0.3) is 0 Å². The third-order valence-corrected chi connectivity index (χ3v) is 3.03. The molecular formula is C14H19ClF2N2O2. The monoisotopic (exact) mass is 320 g/mol. The average Bonchev–Trinajstić information content (AvgIpc) is 2.39. The van der Waals surface area contributed by atoms with Gasteiger partial charge in [0.2, 0.25) is 5.91 Å². The van der Waals surface area contributed by atoms with Gasteiger partial charge in [-0.3, -0.25) is 9.69 Å². The Morgan fingerprint density at radius 3 is 2.76 bits per heavy atom. The van der Waals surface area contributed by atoms with Crippen LogP contribution in [0.3, 0.4) is 0 Å². The summed E-state index contributed by atoms with van der Waals surface area (Å²) in [5.41, 5.74) is 0.440. The molecule has 0 aliphatic heterocycles. The molecule has 118 valence electrons. The average molecular weight is 321 g/mol. The second kappa shape index (κ2) is 8.79. The van der Waals surface area contributed by atoms with E-state index in [0.29, 0.717) is 5.69 Å². The highest BCUT2D eigenvalue weighted by Crippen LogP contribution is 2.28. The van der Waals surface area contributed by atoms with Crippen molar-refractivity contribution in [2.45, 2.75) is 26.4 Å². The number of nitrogens with zero attached hydrogens (tertiary/aromatic N) is 1. The zero-order chi connectivity index (χ0) is 15.8. The number of ether oxygens (including phenoxy) is 1. The van der Waals surface area contributed by atoms with E-state index < -0.39 is 6.61 Å². The molecule has 0 radical (unpaired) electrons. The first-order valence-corrected chi connectivity index (χ1v) is 7.03. The molecule has 1 rings (SSSR count). The van der Waals surface area contributed by atoms with Crippen LogP contribution in [0.1, 0.15) is 19.8 Å². The van der Waals surface area contributed by atoms with Crippen LogP contribution in [0.2, 0.25) is 5.02 Å². The lowest BCUT2D eigenvalue weighted by Crippen LogP contribution is -2.30. The number of anilines is 1. The normalized spacial score (nSPS) is 11.0. The van der Waals surface area contributed by atoms with Crippen molar-refractivity contribution < 1.29 is 18.3 Å². The minimum Gasteiger partial charge on any atom is -0.433 e. The van der Waals surface area contributed by atoms with Crippen molar-refractivity contribution in [3.05, 3.63) is 23.2 Å². The highest BCUT2D eigenvalue weighted by atomic mass is 35.5. The molecule has 0 unspecified atom stereocenters. The van der Waals surface area contributed by atoms with Crippen LogP contribution in [0.25, 0.3) is 0 Å². The molecule has 1 N–H and O–H groups in total. The molecular weight excluding hydrogens is 302 g/mol. The number of alkyl halides is 2. The summed E-state index contributed by atoms with van der Waals surface area (Å²) in [6.07, 6.45) is 2.09. The van der Waals surface area contributed by atoms with Gasteiger partial charge >= 0.3 is 6.61 Å². The molecule has 0 saturated heterocycles. The third kappa shape index (κ3) is 6.73. The molecule has 0 saturated carbocycles. The maximum atomic E-state index is 12.1. The van der Waals surface area contributed by atoms with E-state index in [1.165, 1.54) is 18.2 Å². The summed E-state index contributed by atoms with van der Waals surface area (Å²) >= 11 is 5.81. The van der Waals surface area contributed by atoms with Gasteiger partial charge in [-0.15, -0.1) is 0 Å². The van der Waals surface area contributed by atoms with Gasteiger partial charge < -0.3 is 10.1 Å². The predicted molar refractivity (Wildman–Crippen MR) is 79.1 cm³/mol. The smallest absolute Gasteiger partial charge is 0.387 e. The molecule has 0 heterocycles. The Labute approximate surface area is 128 Å². The molecule has 0 spiro atoms. The minimum atomic E-state index is -2.94. The highest BCUT2D eigenvalue weighted by molar-refractivity contribution is 6.32. The zero-order valence-electron chi connectivity index (χ0n) is 12.0. The molecule has 21 heavy (non-hydrogen) atoms. The lowest BCUT2D eigenvalue weighted by atomic mass is 10.3. The molecule has 1 amide bonds. The first kappa shape index (κ1) is 17.7. The SMILES string of the molecule is CCCCN(C)CC(=O)Nc1ccc(OC(F)F)c(Cl)c1. The van der Waals surface area contributed by atoms with Gasteiger partial charge in [-0.25, -0.2) is 0 Å². The number of likely N-dealkylation sites (N-methyl/N-ethyl adjacent to an activating group) is 1. The van der Waals surface area contributed by atoms with E-state index in [0.717, 1.165) is 19.4 Å². The van der Waals surface area contributed by atoms with E-state index in [2.05, 4.69) is 17.0 Å². The fraction of sp³-hybridized carbons (Fsp3) is 0.500. The maximum Gasteiger partial charge on any atom is 0.387 e. The van der Waals surface area contributed by atoms with Crippen LogP contribution in [0, 0.1) is 0 Å². The van der Waals surface area contributed by atoms with Crippen LogP contribution in [-0.2, 0) is 4.79 Å². The van der Waals surface area contributed by atoms with Gasteiger partial charge in [0.05, 0.1) is 11.6 Å². The van der Waals surface area contributed by atoms with Crippen molar-refractivity contribution in [1.29, 1.82) is 0 Å². The summed E-state index contributed by atoms with van der Waals surface area (Å²) < 4.78 is 28.4. The molecule has 1 aromatic carbocycles. The summed E-state index contributed by atoms with van der Waals surface area (Å²) in [6, 6.07) is 4.14. The first-order chi connectivity index (χ1) is 9.92. The Kier molecular flexibility index (Phi) is 7.39. The Bertz CT molecular complexity index is 472. The van der Waals surface area contributed by atoms with Crippen LogP contribution in [-0.4, -0.2) is 37.6 Å². The fourth-order valence-electron chi connectivity index (χ4n) is 1.72. The first-order valence-electron chi connectivity index (χ1n) is 6.65. The van der Waals surface area contributed by atoms with Crippen molar-refractivity contribution in [3.8, 4) is 5.75 Å². The largest absolute Gasteiger partial charge is 0.433 e. The van der Waals surface area contributed by atoms with Crippen LogP contribution in [0.15, 0.2) is 18.2 Å². The van der Waals surface area contributed by atoms with E-state index in [1.54, 1.807) is 0 Å². The fourth-order valence-corrected chi connectivity index (χ4v) is 1.95. The maximum absolute atomic E-state index is 12.1. The number of amides is 1. The van der Waals surface area contributed by atoms with Crippen LogP contribution in [0.5, 0.6) is 5.75 Å². The Hall–Kier alpha value is -1.40. The van der Waals surface area contributed by atoms with Gasteiger partial charge in [-0.2, -0.15) is 8.78 Å². The second-order valence-electron chi connectivity index (χ2n) is 4.66. The van der Waals surface area contributed by atoms with E-state index in [1.807, 2.05) is 11.9 Å². The summed E-state index contributed by atoms with van der Waals surface area (Å²) in [5.74, 6) is -0.308. The number of carbonyl (C=O) groups is 1. The quantitative estimate of drug-likeness (QED) is 0.795. The van der Waals surface area contributed by atoms with Crippen LogP contribution in [0.4, 0.5) is 14.5 Å². The van der Waals surface area contributed by atoms with Crippen molar-refractivity contribution in [2.24, 2.45) is 0 Å². The van der Waals surface area contributed by atoms with Gasteiger partial charge in [-0.1, -0.05) is 24.9 Å². The van der Waals surface area contributed by atoms with Gasteiger partial charge in [0.1, 0.15) is 5.75 Å². The molecule has 0 aromatic heterocycles. The van der Waals surface area contributed by atoms with Crippen molar-refractivity contribution in [2.75, 3.05) is 25.5 Å². The standard InChI is InChI=1S/C14H19ClF2N2O2/c1-3-4-7-19(2)9-13(20)18-10-5-6-12(11(15)8-10)21-14(16)17/h5-6,8,14H,3-4,7,9H2,1-2H3,(H,18,20). The molecule has 0 fully saturated rings. The number of rotatable bonds is 8. The van der Waals surface area contributed by atoms with Crippen LogP contribution < -0.4 is 10.1 Å². The summed E-state index contributed by atoms with van der Waals surface area (Å²) in [6.45, 7) is 0.243. The lowest BCUT2D eigenvalue weighted by Gasteiger charge is -2.16. The molecule has 1 aromatic rings. The van der Waals surface area contributed by atoms with Gasteiger partial charge in [-0.05, 0) is 38.2 Å². The molecule has 4 nitrogen and oxygen atoms in total. The van der Waals surface area contributed by atoms with Gasteiger partial charge in [0, 0.05) is 5.69 Å². The van der Waals surface area contributed by atoms with Crippen molar-refractivity contribution in [1.82, 2.24) is 4.90 Å². The number of nitrogens with one attached hydrogen (secondary N) is 1. The highest BCUT2D eigenvalue weighted by Gasteiger charge is 2.11. The Morgan fingerprint density at radius 1 is 1.48 bits per heavy atom. The predicted octanol–water partition coefficient (Wildman–Crippen LogP) is 3.61. The summed E-state index contributed by atoms with van der Waals surface area (Å²) in [7, 11) is 1.86. The van der Waals surface area contributed by atoms with E-state index in [9.17, 15) is 13.6 Å². The van der Waals surface area contributed by atoms with Crippen LogP contribution >= 0.6 is 11.6 Å². The Morgan fingerprint density at radius 2 is 2.19 bits per heavy atom. The Balaban J connectivity index is 2.54. The van der Waals surface area contributed by atoms with E-state index >= 15 is 0 Å². The van der Waals surface area contributed by atoms with Crippen molar-refractivity contribution in [3.63, 3.8) is 0 Å². The number of hydrogen-bond acceptors (Lipinski definition) is 3.